The Morgan fingerprint density at radius 3 is 2.50 bits per heavy atom. The van der Waals surface area contributed by atoms with Crippen molar-refractivity contribution in [3.63, 3.8) is 0 Å². The number of rotatable bonds is 1. The van der Waals surface area contributed by atoms with Crippen LogP contribution in [0.1, 0.15) is 11.8 Å². The number of thiazole rings is 1. The first-order valence-electron chi connectivity index (χ1n) is 3.04. The highest BCUT2D eigenvalue weighted by Crippen LogP contribution is 2.21. The van der Waals surface area contributed by atoms with Crippen LogP contribution in [0.3, 0.4) is 0 Å². The van der Waals surface area contributed by atoms with Crippen molar-refractivity contribution in [2.45, 2.75) is 20.4 Å². The predicted molar refractivity (Wildman–Crippen MR) is 43.0 cm³/mol. The molecule has 1 aromatic heterocycles. The van der Waals surface area contributed by atoms with E-state index in [4.69, 9.17) is 12.2 Å². The maximum atomic E-state index is 11.1. The van der Waals surface area contributed by atoms with Crippen molar-refractivity contribution < 1.29 is 5.11 Å². The van der Waals surface area contributed by atoms with Crippen molar-refractivity contribution in [3.05, 3.63) is 8.83 Å². The monoisotopic (exact) mass is 174 g/mol. The minimum absolute atomic E-state index is 0.0671. The fraction of sp³-hybridized carbons (Fsp3) is 0.500. The summed E-state index contributed by atoms with van der Waals surface area (Å²) in [6.07, 6.45) is 0. The normalized spacial score (nSPS) is 10.2. The first-order chi connectivity index (χ1) is 4.66. The molecule has 0 aliphatic rings. The SMILES string of the molecule is CCn1c([O-])c(C)sc1=S. The van der Waals surface area contributed by atoms with Gasteiger partial charge in [-0.25, -0.2) is 0 Å². The van der Waals surface area contributed by atoms with Crippen LogP contribution in [0.15, 0.2) is 0 Å². The maximum Gasteiger partial charge on any atom is 0.160 e. The summed E-state index contributed by atoms with van der Waals surface area (Å²) in [4.78, 5) is 0.784. The second-order valence-electron chi connectivity index (χ2n) is 1.97. The van der Waals surface area contributed by atoms with Gasteiger partial charge in [0.05, 0.1) is 0 Å². The molecule has 0 aliphatic carbocycles. The van der Waals surface area contributed by atoms with Crippen molar-refractivity contribution >= 4 is 23.6 Å². The molecule has 0 atom stereocenters. The highest BCUT2D eigenvalue weighted by molar-refractivity contribution is 7.73. The lowest BCUT2D eigenvalue weighted by molar-refractivity contribution is -0.279. The molecular formula is C6H8NOS2-. The van der Waals surface area contributed by atoms with Crippen molar-refractivity contribution in [2.24, 2.45) is 0 Å². The van der Waals surface area contributed by atoms with E-state index in [1.165, 1.54) is 11.3 Å². The van der Waals surface area contributed by atoms with Crippen molar-refractivity contribution in [1.29, 1.82) is 0 Å². The van der Waals surface area contributed by atoms with E-state index in [2.05, 4.69) is 0 Å². The van der Waals surface area contributed by atoms with Gasteiger partial charge in [-0.15, -0.1) is 11.3 Å². The van der Waals surface area contributed by atoms with Crippen LogP contribution in [-0.4, -0.2) is 4.57 Å². The Balaban J connectivity index is 3.34. The molecule has 0 saturated carbocycles. The third-order valence-corrected chi connectivity index (χ3v) is 2.67. The van der Waals surface area contributed by atoms with Crippen LogP contribution in [0.2, 0.25) is 0 Å². The van der Waals surface area contributed by atoms with E-state index in [-0.39, 0.29) is 5.88 Å². The zero-order valence-electron chi connectivity index (χ0n) is 5.88. The molecule has 0 radical (unpaired) electrons. The second kappa shape index (κ2) is 2.72. The van der Waals surface area contributed by atoms with E-state index in [0.717, 1.165) is 4.88 Å². The summed E-state index contributed by atoms with van der Waals surface area (Å²) in [5.74, 6) is 0.0671. The van der Waals surface area contributed by atoms with E-state index in [0.29, 0.717) is 10.5 Å². The minimum Gasteiger partial charge on any atom is -0.859 e. The molecule has 2 nitrogen and oxygen atoms in total. The van der Waals surface area contributed by atoms with E-state index >= 15 is 0 Å². The van der Waals surface area contributed by atoms with E-state index in [1.54, 1.807) is 11.5 Å². The Bertz CT molecular complexity index is 286. The Labute approximate surface area is 68.7 Å². The molecule has 0 fully saturated rings. The number of aromatic nitrogens is 1. The Kier molecular flexibility index (Phi) is 2.11. The van der Waals surface area contributed by atoms with E-state index < -0.39 is 0 Å². The Hall–Kier alpha value is -0.350. The minimum atomic E-state index is 0.0671. The molecule has 0 aromatic carbocycles. The van der Waals surface area contributed by atoms with Gasteiger partial charge >= 0.3 is 0 Å². The molecule has 56 valence electrons. The third kappa shape index (κ3) is 1.09. The molecule has 1 aromatic rings. The first kappa shape index (κ1) is 7.75. The largest absolute Gasteiger partial charge is 0.859 e. The fourth-order valence-corrected chi connectivity index (χ4v) is 2.14. The quantitative estimate of drug-likeness (QED) is 0.606. The van der Waals surface area contributed by atoms with Gasteiger partial charge in [0.25, 0.3) is 0 Å². The van der Waals surface area contributed by atoms with Crippen LogP contribution in [0.5, 0.6) is 5.88 Å². The van der Waals surface area contributed by atoms with Crippen molar-refractivity contribution in [3.8, 4) is 5.88 Å². The smallest absolute Gasteiger partial charge is 0.160 e. The Morgan fingerprint density at radius 1 is 1.70 bits per heavy atom. The van der Waals surface area contributed by atoms with E-state index in [1.807, 2.05) is 6.92 Å². The van der Waals surface area contributed by atoms with Gasteiger partial charge in [-0.3, -0.25) is 0 Å². The molecule has 1 rings (SSSR count). The van der Waals surface area contributed by atoms with Crippen LogP contribution in [0.25, 0.3) is 0 Å². The van der Waals surface area contributed by atoms with Crippen LogP contribution >= 0.6 is 23.6 Å². The number of aryl methyl sites for hydroxylation is 1. The standard InChI is InChI=1S/C6H9NOS2/c1-3-7-5(8)4(2)10-6(7)9/h8H,3H2,1-2H3/p-1. The van der Waals surface area contributed by atoms with Gasteiger partial charge in [0.2, 0.25) is 0 Å². The lowest BCUT2D eigenvalue weighted by Crippen LogP contribution is -2.02. The summed E-state index contributed by atoms with van der Waals surface area (Å²) in [5.41, 5.74) is 0. The van der Waals surface area contributed by atoms with Gasteiger partial charge in [0, 0.05) is 11.4 Å². The number of nitrogens with zero attached hydrogens (tertiary/aromatic N) is 1. The molecule has 0 bridgehead atoms. The molecule has 1 heterocycles. The van der Waals surface area contributed by atoms with Gasteiger partial charge in [0.1, 0.15) is 0 Å². The van der Waals surface area contributed by atoms with Crippen LogP contribution in [0.4, 0.5) is 0 Å². The van der Waals surface area contributed by atoms with Gasteiger partial charge in [0.15, 0.2) is 3.95 Å². The average molecular weight is 174 g/mol. The summed E-state index contributed by atoms with van der Waals surface area (Å²) >= 11 is 6.33. The molecule has 0 amide bonds. The summed E-state index contributed by atoms with van der Waals surface area (Å²) < 4.78 is 2.29. The maximum absolute atomic E-state index is 11.1. The second-order valence-corrected chi connectivity index (χ2v) is 3.82. The highest BCUT2D eigenvalue weighted by atomic mass is 32.1. The molecule has 0 N–H and O–H groups in total. The summed E-state index contributed by atoms with van der Waals surface area (Å²) in [5, 5.41) is 11.1. The van der Waals surface area contributed by atoms with Crippen molar-refractivity contribution in [2.75, 3.05) is 0 Å². The molecule has 0 spiro atoms. The molecule has 10 heavy (non-hydrogen) atoms. The zero-order valence-corrected chi connectivity index (χ0v) is 7.51. The van der Waals surface area contributed by atoms with Crippen molar-refractivity contribution in [1.82, 2.24) is 4.57 Å². The summed E-state index contributed by atoms with van der Waals surface area (Å²) in [7, 11) is 0. The van der Waals surface area contributed by atoms with Crippen LogP contribution < -0.4 is 5.11 Å². The zero-order chi connectivity index (χ0) is 7.72. The molecular weight excluding hydrogens is 166 g/mol. The van der Waals surface area contributed by atoms with E-state index in [9.17, 15) is 5.11 Å². The van der Waals surface area contributed by atoms with Gasteiger partial charge in [-0.05, 0) is 31.9 Å². The molecule has 4 heteroatoms. The van der Waals surface area contributed by atoms with Gasteiger partial charge in [-0.1, -0.05) is 0 Å². The summed E-state index contributed by atoms with van der Waals surface area (Å²) in [6, 6.07) is 0. The third-order valence-electron chi connectivity index (χ3n) is 1.32. The predicted octanol–water partition coefficient (Wildman–Crippen LogP) is 1.68. The highest BCUT2D eigenvalue weighted by Gasteiger charge is 1.96. The lowest BCUT2D eigenvalue weighted by Gasteiger charge is -2.09. The van der Waals surface area contributed by atoms with Crippen LogP contribution in [0, 0.1) is 10.9 Å². The van der Waals surface area contributed by atoms with Gasteiger partial charge < -0.3 is 9.67 Å². The fourth-order valence-electron chi connectivity index (χ4n) is 0.775. The van der Waals surface area contributed by atoms with Crippen LogP contribution in [-0.2, 0) is 6.54 Å². The lowest BCUT2D eigenvalue weighted by atomic mass is 10.6. The average Bonchev–Trinajstić information content (AvgIpc) is 2.09. The molecule has 0 saturated heterocycles. The number of hydrogen-bond acceptors (Lipinski definition) is 3. The molecule has 0 unspecified atom stereocenters. The summed E-state index contributed by atoms with van der Waals surface area (Å²) in [6.45, 7) is 4.40. The first-order valence-corrected chi connectivity index (χ1v) is 4.26. The van der Waals surface area contributed by atoms with Gasteiger partial charge in [-0.2, -0.15) is 0 Å². The topological polar surface area (TPSA) is 28.0 Å². The molecule has 0 aliphatic heterocycles. The number of hydrogen-bond donors (Lipinski definition) is 0. The Morgan fingerprint density at radius 2 is 2.30 bits per heavy atom.